The molecule has 0 fully saturated rings. The van der Waals surface area contributed by atoms with Crippen molar-refractivity contribution in [2.24, 2.45) is 5.73 Å². The normalized spacial score (nSPS) is 10.4. The maximum atomic E-state index is 9.81. The van der Waals surface area contributed by atoms with Gasteiger partial charge in [0.25, 0.3) is 0 Å². The van der Waals surface area contributed by atoms with Crippen molar-refractivity contribution >= 4 is 5.97 Å². The number of carboxylic acids is 1. The molecular formula is C4H9NO2RhRu. The Morgan fingerprint density at radius 3 is 2.11 bits per heavy atom. The van der Waals surface area contributed by atoms with Gasteiger partial charge in [0.2, 0.25) is 0 Å². The van der Waals surface area contributed by atoms with Gasteiger partial charge in [-0.1, -0.05) is 6.92 Å². The smallest absolute Gasteiger partial charge is 0.320 e. The van der Waals surface area contributed by atoms with E-state index in [0.717, 1.165) is 0 Å². The van der Waals surface area contributed by atoms with E-state index in [1.54, 1.807) is 6.92 Å². The van der Waals surface area contributed by atoms with E-state index in [1.165, 1.54) is 0 Å². The molecule has 0 amide bonds. The Kier molecular flexibility index (Phi) is 15.8. The van der Waals surface area contributed by atoms with E-state index in [2.05, 4.69) is 0 Å². The predicted molar refractivity (Wildman–Crippen MR) is 25.9 cm³/mol. The molecular weight excluding hydrogens is 298 g/mol. The minimum absolute atomic E-state index is 0. The molecule has 0 spiro atoms. The average molecular weight is 307 g/mol. The first kappa shape index (κ1) is 16.3. The summed E-state index contributed by atoms with van der Waals surface area (Å²) in [6.45, 7) is 1.73. The molecule has 0 saturated carbocycles. The van der Waals surface area contributed by atoms with Gasteiger partial charge in [0.05, 0.1) is 0 Å². The molecule has 59 valence electrons. The fourth-order valence-electron chi connectivity index (χ4n) is 0.175. The van der Waals surface area contributed by atoms with Crippen molar-refractivity contribution < 1.29 is 48.9 Å². The van der Waals surface area contributed by atoms with E-state index in [0.29, 0.717) is 6.42 Å². The summed E-state index contributed by atoms with van der Waals surface area (Å²) in [5.41, 5.74) is 5.02. The van der Waals surface area contributed by atoms with Crippen LogP contribution < -0.4 is 5.73 Å². The second kappa shape index (κ2) is 8.68. The van der Waals surface area contributed by atoms with Crippen molar-refractivity contribution in [2.75, 3.05) is 0 Å². The van der Waals surface area contributed by atoms with Crippen molar-refractivity contribution in [3.63, 3.8) is 0 Å². The minimum atomic E-state index is -0.928. The summed E-state index contributed by atoms with van der Waals surface area (Å²) in [6.07, 6.45) is 0.495. The molecule has 0 saturated heterocycles. The monoisotopic (exact) mass is 308 g/mol. The quantitative estimate of drug-likeness (QED) is 0.695. The van der Waals surface area contributed by atoms with Crippen molar-refractivity contribution in [3.8, 4) is 0 Å². The molecule has 0 aliphatic carbocycles. The standard InChI is InChI=1S/C4H9NO2.Rh.Ru/c1-2-3(5)4(6)7;;/h3H,2,5H2,1H3,(H,6,7);;. The molecule has 3 nitrogen and oxygen atoms in total. The molecule has 1 radical (unpaired) electrons. The van der Waals surface area contributed by atoms with Crippen molar-refractivity contribution in [1.82, 2.24) is 0 Å². The first-order valence-corrected chi connectivity index (χ1v) is 2.17. The molecule has 0 rings (SSSR count). The number of carbonyl (C=O) groups is 1. The van der Waals surface area contributed by atoms with Gasteiger partial charge in [-0.25, -0.2) is 0 Å². The second-order valence-corrected chi connectivity index (χ2v) is 1.35. The molecule has 0 aliphatic rings. The molecule has 0 bridgehead atoms. The molecule has 0 aromatic carbocycles. The van der Waals surface area contributed by atoms with E-state index >= 15 is 0 Å². The van der Waals surface area contributed by atoms with Gasteiger partial charge < -0.3 is 10.8 Å². The predicted octanol–water partition coefficient (Wildman–Crippen LogP) is -0.197. The number of aliphatic carboxylic acids is 1. The van der Waals surface area contributed by atoms with E-state index in [1.807, 2.05) is 0 Å². The van der Waals surface area contributed by atoms with Gasteiger partial charge in [-0.15, -0.1) is 0 Å². The Balaban J connectivity index is -0.000000180. The van der Waals surface area contributed by atoms with Crippen LogP contribution in [-0.2, 0) is 43.8 Å². The first-order valence-electron chi connectivity index (χ1n) is 2.17. The largest absolute Gasteiger partial charge is 0.480 e. The zero-order chi connectivity index (χ0) is 5.86. The third-order valence-corrected chi connectivity index (χ3v) is 0.757. The Bertz CT molecular complexity index is 81.0. The van der Waals surface area contributed by atoms with E-state index in [4.69, 9.17) is 10.8 Å². The van der Waals surface area contributed by atoms with Crippen molar-refractivity contribution in [1.29, 1.82) is 0 Å². The van der Waals surface area contributed by atoms with Gasteiger partial charge in [-0.2, -0.15) is 0 Å². The molecule has 0 aliphatic heterocycles. The molecule has 0 heterocycles. The van der Waals surface area contributed by atoms with Crippen LogP contribution in [0.3, 0.4) is 0 Å². The maximum absolute atomic E-state index is 9.81. The van der Waals surface area contributed by atoms with E-state index < -0.39 is 12.0 Å². The number of rotatable bonds is 2. The third kappa shape index (κ3) is 8.68. The topological polar surface area (TPSA) is 63.3 Å². The summed E-state index contributed by atoms with van der Waals surface area (Å²) in [5, 5.41) is 8.06. The van der Waals surface area contributed by atoms with Crippen LogP contribution in [0.1, 0.15) is 13.3 Å². The molecule has 5 heteroatoms. The van der Waals surface area contributed by atoms with Crippen molar-refractivity contribution in [3.05, 3.63) is 0 Å². The van der Waals surface area contributed by atoms with Crippen LogP contribution >= 0.6 is 0 Å². The van der Waals surface area contributed by atoms with Crippen LogP contribution in [0.4, 0.5) is 0 Å². The minimum Gasteiger partial charge on any atom is -0.480 e. The summed E-state index contributed by atoms with van der Waals surface area (Å²) >= 11 is 0. The summed E-state index contributed by atoms with van der Waals surface area (Å²) in [7, 11) is 0. The van der Waals surface area contributed by atoms with E-state index in [9.17, 15) is 4.79 Å². The Morgan fingerprint density at radius 1 is 1.78 bits per heavy atom. The summed E-state index contributed by atoms with van der Waals surface area (Å²) < 4.78 is 0. The Labute approximate surface area is 79.9 Å². The average Bonchev–Trinajstić information content (AvgIpc) is 1.65. The molecule has 9 heavy (non-hydrogen) atoms. The van der Waals surface area contributed by atoms with Gasteiger partial charge in [-0.05, 0) is 6.42 Å². The summed E-state index contributed by atoms with van der Waals surface area (Å²) in [4.78, 5) is 9.81. The molecule has 0 aromatic heterocycles. The van der Waals surface area contributed by atoms with Gasteiger partial charge >= 0.3 is 5.97 Å². The number of hydrogen-bond acceptors (Lipinski definition) is 2. The third-order valence-electron chi connectivity index (χ3n) is 0.757. The molecule has 1 atom stereocenters. The van der Waals surface area contributed by atoms with E-state index in [-0.39, 0.29) is 39.0 Å². The second-order valence-electron chi connectivity index (χ2n) is 1.35. The summed E-state index contributed by atoms with van der Waals surface area (Å²) in [5.74, 6) is -0.928. The zero-order valence-corrected chi connectivity index (χ0v) is 8.28. The first-order chi connectivity index (χ1) is 3.18. The van der Waals surface area contributed by atoms with Gasteiger partial charge in [0.1, 0.15) is 6.04 Å². The molecule has 1 unspecified atom stereocenters. The number of nitrogens with two attached hydrogens (primary N) is 1. The Hall–Kier alpha value is 0.677. The fraction of sp³-hybridized carbons (Fsp3) is 0.750. The maximum Gasteiger partial charge on any atom is 0.320 e. The van der Waals surface area contributed by atoms with Gasteiger partial charge in [0, 0.05) is 39.0 Å². The Morgan fingerprint density at radius 2 is 2.11 bits per heavy atom. The van der Waals surface area contributed by atoms with Crippen LogP contribution in [0.25, 0.3) is 0 Å². The number of hydrogen-bond donors (Lipinski definition) is 2. The zero-order valence-electron chi connectivity index (χ0n) is 4.90. The fourth-order valence-corrected chi connectivity index (χ4v) is 0.175. The molecule has 3 N–H and O–H groups in total. The SMILES string of the molecule is CCC(N)C(=O)O.[Rh].[Ru]. The van der Waals surface area contributed by atoms with Crippen LogP contribution in [0, 0.1) is 0 Å². The number of carboxylic acid groups (broad SMARTS) is 1. The van der Waals surface area contributed by atoms with Gasteiger partial charge in [-0.3, -0.25) is 4.79 Å². The molecule has 0 aromatic rings. The van der Waals surface area contributed by atoms with Crippen LogP contribution in [-0.4, -0.2) is 17.1 Å². The van der Waals surface area contributed by atoms with Crippen molar-refractivity contribution in [2.45, 2.75) is 19.4 Å². The van der Waals surface area contributed by atoms with Crippen LogP contribution in [0.5, 0.6) is 0 Å². The van der Waals surface area contributed by atoms with Crippen LogP contribution in [0.2, 0.25) is 0 Å². The van der Waals surface area contributed by atoms with Crippen LogP contribution in [0.15, 0.2) is 0 Å². The summed E-state index contributed by atoms with van der Waals surface area (Å²) in [6, 6.07) is -0.681. The van der Waals surface area contributed by atoms with Gasteiger partial charge in [0.15, 0.2) is 0 Å².